The SMILES string of the molecule is CC(C)CS(CC(C)C)=P([O-])([O-])[S-].[Cu]. The van der Waals surface area contributed by atoms with Gasteiger partial charge in [-0.05, 0) is 23.3 Å². The molecular weight excluding hydrogens is 287 g/mol. The van der Waals surface area contributed by atoms with Crippen molar-refractivity contribution in [3.05, 3.63) is 0 Å². The van der Waals surface area contributed by atoms with Crippen LogP contribution in [-0.2, 0) is 39.4 Å². The van der Waals surface area contributed by atoms with Crippen LogP contribution in [0.15, 0.2) is 0 Å². The summed E-state index contributed by atoms with van der Waals surface area (Å²) in [6.07, 6.45) is 0. The zero-order valence-corrected chi connectivity index (χ0v) is 12.4. The van der Waals surface area contributed by atoms with Gasteiger partial charge < -0.3 is 27.7 Å². The molecule has 0 aromatic heterocycles. The molecule has 0 atom stereocenters. The third-order valence-electron chi connectivity index (χ3n) is 1.37. The number of hydrogen-bond donors (Lipinski definition) is 0. The first-order valence-electron chi connectivity index (χ1n) is 4.43. The van der Waals surface area contributed by atoms with Crippen LogP contribution in [0.25, 0.3) is 0 Å². The van der Waals surface area contributed by atoms with E-state index in [0.29, 0.717) is 11.8 Å². The van der Waals surface area contributed by atoms with E-state index in [1.807, 2.05) is 27.7 Å². The molecule has 14 heavy (non-hydrogen) atoms. The van der Waals surface area contributed by atoms with Crippen molar-refractivity contribution < 1.29 is 26.9 Å². The molecule has 0 aromatic carbocycles. The summed E-state index contributed by atoms with van der Waals surface area (Å²) in [4.78, 5) is 22.5. The maximum absolute atomic E-state index is 11.3. The Labute approximate surface area is 106 Å². The number of rotatable bonds is 4. The van der Waals surface area contributed by atoms with Gasteiger partial charge in [0.25, 0.3) is 0 Å². The molecule has 0 saturated heterocycles. The molecule has 2 nitrogen and oxygen atoms in total. The average molecular weight is 305 g/mol. The van der Waals surface area contributed by atoms with Crippen molar-refractivity contribution >= 4 is 28.0 Å². The maximum atomic E-state index is 11.3. The zero-order chi connectivity index (χ0) is 10.6. The fourth-order valence-electron chi connectivity index (χ4n) is 1.02. The molecule has 0 saturated carbocycles. The van der Waals surface area contributed by atoms with Crippen LogP contribution in [0, 0.1) is 11.8 Å². The van der Waals surface area contributed by atoms with Crippen LogP contribution in [0.1, 0.15) is 27.7 Å². The summed E-state index contributed by atoms with van der Waals surface area (Å²) in [5.41, 5.74) is -3.52. The van der Waals surface area contributed by atoms with Gasteiger partial charge in [0.05, 0.1) is 0 Å². The van der Waals surface area contributed by atoms with Gasteiger partial charge in [0.2, 0.25) is 0 Å². The van der Waals surface area contributed by atoms with Gasteiger partial charge in [-0.2, -0.15) is 0 Å². The Bertz CT molecular complexity index is 193. The second kappa shape index (κ2) is 7.78. The molecule has 0 N–H and O–H groups in total. The molecule has 0 aliphatic carbocycles. The van der Waals surface area contributed by atoms with Crippen molar-refractivity contribution in [3.8, 4) is 0 Å². The van der Waals surface area contributed by atoms with E-state index in [1.54, 1.807) is 0 Å². The molecule has 0 heterocycles. The van der Waals surface area contributed by atoms with Gasteiger partial charge in [-0.25, -0.2) is 10.1 Å². The average Bonchev–Trinajstić information content (AvgIpc) is 1.81. The molecular formula is C8H18CuO2PS2-3. The Hall–Kier alpha value is 1.57. The zero-order valence-electron chi connectivity index (χ0n) is 8.95. The van der Waals surface area contributed by atoms with Gasteiger partial charge in [0, 0.05) is 17.1 Å². The molecule has 0 fully saturated rings. The quantitative estimate of drug-likeness (QED) is 0.440. The van der Waals surface area contributed by atoms with E-state index >= 15 is 0 Å². The molecule has 0 spiro atoms. The van der Waals surface area contributed by atoms with Crippen molar-refractivity contribution in [1.82, 2.24) is 0 Å². The molecule has 0 amide bonds. The minimum atomic E-state index is -3.52. The summed E-state index contributed by atoms with van der Waals surface area (Å²) in [5.74, 6) is 2.27. The Morgan fingerprint density at radius 2 is 1.36 bits per heavy atom. The van der Waals surface area contributed by atoms with E-state index < -0.39 is 15.8 Å². The predicted molar refractivity (Wildman–Crippen MR) is 61.1 cm³/mol. The Balaban J connectivity index is 0. The molecule has 0 rings (SSSR count). The topological polar surface area (TPSA) is 46.1 Å². The minimum Gasteiger partial charge on any atom is -0.854 e. The van der Waals surface area contributed by atoms with E-state index in [4.69, 9.17) is 0 Å². The van der Waals surface area contributed by atoms with E-state index in [2.05, 4.69) is 12.2 Å². The van der Waals surface area contributed by atoms with Crippen molar-refractivity contribution in [2.24, 2.45) is 11.8 Å². The van der Waals surface area contributed by atoms with Crippen LogP contribution >= 0.6 is 5.69 Å². The maximum Gasteiger partial charge on any atom is 0 e. The third kappa shape index (κ3) is 8.84. The third-order valence-corrected chi connectivity index (χ3v) is 8.79. The first-order chi connectivity index (χ1) is 5.73. The van der Waals surface area contributed by atoms with Crippen LogP contribution in [0.5, 0.6) is 0 Å². The number of hydrogen-bond acceptors (Lipinski definition) is 3. The second-order valence-corrected chi connectivity index (χ2v) is 11.6. The van der Waals surface area contributed by atoms with Crippen molar-refractivity contribution in [1.29, 1.82) is 0 Å². The Morgan fingerprint density at radius 3 is 1.50 bits per heavy atom. The molecule has 0 bridgehead atoms. The summed E-state index contributed by atoms with van der Waals surface area (Å²) in [6, 6.07) is 0. The van der Waals surface area contributed by atoms with Crippen molar-refractivity contribution in [2.75, 3.05) is 11.5 Å². The largest absolute Gasteiger partial charge is 0.854 e. The van der Waals surface area contributed by atoms with Gasteiger partial charge in [0.1, 0.15) is 0 Å². The Kier molecular flexibility index (Phi) is 9.97. The molecule has 0 unspecified atom stereocenters. The molecule has 0 aliphatic heterocycles. The predicted octanol–water partition coefficient (Wildman–Crippen LogP) is 0.859. The summed E-state index contributed by atoms with van der Waals surface area (Å²) in [7, 11) is -0.587. The molecule has 0 aromatic rings. The van der Waals surface area contributed by atoms with E-state index in [0.717, 1.165) is 11.5 Å². The van der Waals surface area contributed by atoms with Crippen LogP contribution in [0.4, 0.5) is 0 Å². The summed E-state index contributed by atoms with van der Waals surface area (Å²) < 4.78 is 0. The first kappa shape index (κ1) is 17.9. The molecule has 93 valence electrons. The van der Waals surface area contributed by atoms with Gasteiger partial charge in [-0.3, -0.25) is 0 Å². The smallest absolute Gasteiger partial charge is 0 e. The van der Waals surface area contributed by atoms with Gasteiger partial charge >= 0.3 is 0 Å². The molecule has 0 aliphatic rings. The Morgan fingerprint density at radius 1 is 1.07 bits per heavy atom. The minimum absolute atomic E-state index is 0. The summed E-state index contributed by atoms with van der Waals surface area (Å²) in [5, 5.41) is 0. The molecule has 6 heteroatoms. The van der Waals surface area contributed by atoms with Gasteiger partial charge in [-0.1, -0.05) is 27.7 Å². The van der Waals surface area contributed by atoms with Gasteiger partial charge in [0.15, 0.2) is 0 Å². The summed E-state index contributed by atoms with van der Waals surface area (Å²) in [6.45, 7) is 8.13. The van der Waals surface area contributed by atoms with Crippen LogP contribution in [-0.4, -0.2) is 11.5 Å². The summed E-state index contributed by atoms with van der Waals surface area (Å²) >= 11 is 4.56. The van der Waals surface area contributed by atoms with Crippen LogP contribution in [0.2, 0.25) is 0 Å². The van der Waals surface area contributed by atoms with E-state index in [-0.39, 0.29) is 17.1 Å². The normalized spacial score (nSPS) is 12.4. The second-order valence-electron chi connectivity index (χ2n) is 4.03. The van der Waals surface area contributed by atoms with Crippen molar-refractivity contribution in [3.63, 3.8) is 0 Å². The van der Waals surface area contributed by atoms with E-state index in [9.17, 15) is 9.79 Å². The standard InChI is InChI=1S/C8H18O2PS2.Cu/c1-7(2)5-13(6-8(3)4)11(9,10)12;/h7-8H,5-6H2,1-4H3;/q-3;. The van der Waals surface area contributed by atoms with Crippen molar-refractivity contribution in [2.45, 2.75) is 27.7 Å². The fraction of sp³-hybridized carbons (Fsp3) is 1.00. The molecule has 1 radical (unpaired) electrons. The monoisotopic (exact) mass is 304 g/mol. The van der Waals surface area contributed by atoms with Crippen LogP contribution in [0.3, 0.4) is 0 Å². The van der Waals surface area contributed by atoms with Gasteiger partial charge in [-0.15, -0.1) is 0 Å². The fourth-order valence-corrected chi connectivity index (χ4v) is 7.04. The van der Waals surface area contributed by atoms with Crippen LogP contribution < -0.4 is 9.79 Å². The van der Waals surface area contributed by atoms with E-state index in [1.165, 1.54) is 0 Å². The first-order valence-corrected chi connectivity index (χ1v) is 9.24.